The molecule has 6 heteroatoms. The Morgan fingerprint density at radius 1 is 1.06 bits per heavy atom. The highest BCUT2D eigenvalue weighted by Gasteiger charge is 2.42. The van der Waals surface area contributed by atoms with Crippen LogP contribution in [-0.4, -0.2) is 21.8 Å². The highest BCUT2D eigenvalue weighted by Crippen LogP contribution is 2.45. The normalized spacial score (nSPS) is 21.2. The number of thiocarbonyl (C=S) groups is 1. The second-order valence-corrected chi connectivity index (χ2v) is 9.22. The van der Waals surface area contributed by atoms with Crippen molar-refractivity contribution in [2.75, 3.05) is 12.0 Å². The molecule has 1 aliphatic carbocycles. The van der Waals surface area contributed by atoms with Crippen molar-refractivity contribution >= 4 is 23.0 Å². The molecule has 2 aromatic heterocycles. The Kier molecular flexibility index (Phi) is 5.64. The minimum Gasteiger partial charge on any atom is -0.497 e. The number of pyridine rings is 1. The summed E-state index contributed by atoms with van der Waals surface area (Å²) in [4.78, 5) is 6.92. The zero-order valence-electron chi connectivity index (χ0n) is 18.9. The van der Waals surface area contributed by atoms with Gasteiger partial charge in [-0.2, -0.15) is 0 Å². The first-order valence-electron chi connectivity index (χ1n) is 11.4. The van der Waals surface area contributed by atoms with Gasteiger partial charge in [-0.15, -0.1) is 0 Å². The largest absolute Gasteiger partial charge is 0.497 e. The zero-order chi connectivity index (χ0) is 22.2. The number of benzene rings is 1. The number of nitrogens with zero attached hydrogens (tertiary/aromatic N) is 3. The first-order valence-corrected chi connectivity index (χ1v) is 11.8. The first-order chi connectivity index (χ1) is 15.6. The molecule has 2 fully saturated rings. The maximum Gasteiger partial charge on any atom is 0.174 e. The van der Waals surface area contributed by atoms with Crippen LogP contribution in [0.5, 0.6) is 5.75 Å². The summed E-state index contributed by atoms with van der Waals surface area (Å²) in [6.07, 6.45) is 7.02. The highest BCUT2D eigenvalue weighted by molar-refractivity contribution is 7.80. The van der Waals surface area contributed by atoms with Gasteiger partial charge >= 0.3 is 0 Å². The number of aryl methyl sites for hydroxylation is 1. The average Bonchev–Trinajstić information content (AvgIpc) is 3.52. The van der Waals surface area contributed by atoms with E-state index in [-0.39, 0.29) is 12.1 Å². The monoisotopic (exact) mass is 446 g/mol. The van der Waals surface area contributed by atoms with Crippen LogP contribution in [0.15, 0.2) is 54.7 Å². The van der Waals surface area contributed by atoms with E-state index in [0.717, 1.165) is 17.1 Å². The number of hydrogen-bond acceptors (Lipinski definition) is 3. The summed E-state index contributed by atoms with van der Waals surface area (Å²) in [5.74, 6) is 0.821. The maximum atomic E-state index is 5.89. The Morgan fingerprint density at radius 3 is 2.59 bits per heavy atom. The van der Waals surface area contributed by atoms with Gasteiger partial charge in [0.25, 0.3) is 0 Å². The van der Waals surface area contributed by atoms with Crippen LogP contribution in [-0.2, 0) is 0 Å². The Hall–Kier alpha value is -2.86. The van der Waals surface area contributed by atoms with Crippen LogP contribution in [0, 0.1) is 13.8 Å². The van der Waals surface area contributed by atoms with E-state index >= 15 is 0 Å². The van der Waals surface area contributed by atoms with Crippen LogP contribution in [0.4, 0.5) is 5.69 Å². The lowest BCUT2D eigenvalue weighted by molar-refractivity contribution is 0.415. The van der Waals surface area contributed by atoms with Gasteiger partial charge in [-0.05, 0) is 74.8 Å². The molecule has 2 atom stereocenters. The molecule has 1 saturated carbocycles. The molecule has 0 amide bonds. The second-order valence-electron chi connectivity index (χ2n) is 8.83. The summed E-state index contributed by atoms with van der Waals surface area (Å²) in [5.41, 5.74) is 5.99. The highest BCUT2D eigenvalue weighted by atomic mass is 32.1. The molecule has 166 valence electrons. The van der Waals surface area contributed by atoms with Crippen molar-refractivity contribution in [3.05, 3.63) is 77.4 Å². The van der Waals surface area contributed by atoms with Gasteiger partial charge in [0.2, 0.25) is 0 Å². The smallest absolute Gasteiger partial charge is 0.174 e. The van der Waals surface area contributed by atoms with Gasteiger partial charge < -0.3 is 19.5 Å². The molecule has 5 rings (SSSR count). The summed E-state index contributed by atoms with van der Waals surface area (Å²) < 4.78 is 8.07. The fourth-order valence-corrected chi connectivity index (χ4v) is 5.88. The SMILES string of the molecule is COc1cccc(N2C(=S)N[C@@H](c3ccccn3)[C@H]2c2cc(C)n(C3CCCC3)c2C)c1. The third-order valence-electron chi connectivity index (χ3n) is 6.96. The molecule has 32 heavy (non-hydrogen) atoms. The van der Waals surface area contributed by atoms with Crippen LogP contribution >= 0.6 is 12.2 Å². The Balaban J connectivity index is 1.65. The summed E-state index contributed by atoms with van der Waals surface area (Å²) in [5, 5.41) is 4.29. The maximum absolute atomic E-state index is 5.89. The molecule has 5 nitrogen and oxygen atoms in total. The van der Waals surface area contributed by atoms with Gasteiger partial charge in [-0.3, -0.25) is 4.98 Å². The summed E-state index contributed by atoms with van der Waals surface area (Å²) in [6.45, 7) is 4.50. The molecular weight excluding hydrogens is 416 g/mol. The van der Waals surface area contributed by atoms with Gasteiger partial charge in [0, 0.05) is 35.4 Å². The predicted octanol–water partition coefficient (Wildman–Crippen LogP) is 5.80. The molecule has 1 saturated heterocycles. The van der Waals surface area contributed by atoms with E-state index in [4.69, 9.17) is 17.0 Å². The van der Waals surface area contributed by atoms with E-state index in [9.17, 15) is 0 Å². The van der Waals surface area contributed by atoms with Crippen molar-refractivity contribution in [1.82, 2.24) is 14.9 Å². The van der Waals surface area contributed by atoms with Crippen LogP contribution in [0.1, 0.15) is 66.5 Å². The molecule has 1 N–H and O–H groups in total. The number of rotatable bonds is 5. The third kappa shape index (κ3) is 3.56. The quantitative estimate of drug-likeness (QED) is 0.502. The molecule has 0 radical (unpaired) electrons. The molecular formula is C26H30N4OS. The standard InChI is InChI=1S/C26H30N4OS/c1-17-15-22(18(2)29(17)19-9-4-5-10-19)25-24(23-13-6-7-14-27-23)28-26(32)30(25)20-11-8-12-21(16-20)31-3/h6-8,11-16,19,24-25H,4-5,9-10H2,1-3H3,(H,28,32)/t24-,25+/m0/s1. The average molecular weight is 447 g/mol. The van der Waals surface area contributed by atoms with E-state index < -0.39 is 0 Å². The summed E-state index contributed by atoms with van der Waals surface area (Å²) in [7, 11) is 1.70. The van der Waals surface area contributed by atoms with Crippen molar-refractivity contribution < 1.29 is 4.74 Å². The summed E-state index contributed by atoms with van der Waals surface area (Å²) in [6, 6.07) is 17.1. The minimum atomic E-state index is -0.0348. The fraction of sp³-hybridized carbons (Fsp3) is 0.385. The van der Waals surface area contributed by atoms with Crippen LogP contribution in [0.3, 0.4) is 0 Å². The molecule has 0 spiro atoms. The lowest BCUT2D eigenvalue weighted by atomic mass is 9.96. The predicted molar refractivity (Wildman–Crippen MR) is 132 cm³/mol. The van der Waals surface area contributed by atoms with Crippen LogP contribution in [0.25, 0.3) is 0 Å². The molecule has 3 aromatic rings. The van der Waals surface area contributed by atoms with Gasteiger partial charge in [0.1, 0.15) is 5.75 Å². The number of anilines is 1. The van der Waals surface area contributed by atoms with Crippen LogP contribution < -0.4 is 15.0 Å². The Morgan fingerprint density at radius 2 is 1.88 bits per heavy atom. The van der Waals surface area contributed by atoms with E-state index in [1.165, 1.54) is 42.6 Å². The fourth-order valence-electron chi connectivity index (χ4n) is 5.54. The number of hydrogen-bond donors (Lipinski definition) is 1. The molecule has 1 aliphatic heterocycles. The van der Waals surface area contributed by atoms with Crippen molar-refractivity contribution in [2.24, 2.45) is 0 Å². The van der Waals surface area contributed by atoms with Gasteiger partial charge in [0.15, 0.2) is 5.11 Å². The van der Waals surface area contributed by atoms with E-state index in [2.05, 4.69) is 57.9 Å². The molecule has 0 unspecified atom stereocenters. The molecule has 2 aliphatic rings. The number of methoxy groups -OCH3 is 1. The first kappa shape index (κ1) is 21.0. The number of aromatic nitrogens is 2. The minimum absolute atomic E-state index is 0.00543. The van der Waals surface area contributed by atoms with Crippen molar-refractivity contribution in [3.63, 3.8) is 0 Å². The van der Waals surface area contributed by atoms with Crippen molar-refractivity contribution in [1.29, 1.82) is 0 Å². The van der Waals surface area contributed by atoms with Gasteiger partial charge in [-0.1, -0.05) is 25.0 Å². The van der Waals surface area contributed by atoms with Gasteiger partial charge in [0.05, 0.1) is 24.9 Å². The molecule has 1 aromatic carbocycles. The zero-order valence-corrected chi connectivity index (χ0v) is 19.7. The number of nitrogens with one attached hydrogen (secondary N) is 1. The van der Waals surface area contributed by atoms with Crippen molar-refractivity contribution in [2.45, 2.75) is 57.7 Å². The number of ether oxygens (including phenoxy) is 1. The lowest BCUT2D eigenvalue weighted by Crippen LogP contribution is -2.29. The second kappa shape index (κ2) is 8.58. The molecule has 0 bridgehead atoms. The summed E-state index contributed by atoms with van der Waals surface area (Å²) >= 11 is 5.89. The van der Waals surface area contributed by atoms with Crippen LogP contribution in [0.2, 0.25) is 0 Å². The van der Waals surface area contributed by atoms with E-state index in [1.807, 2.05) is 30.5 Å². The topological polar surface area (TPSA) is 42.3 Å². The van der Waals surface area contributed by atoms with E-state index in [1.54, 1.807) is 7.11 Å². The Labute approximate surface area is 195 Å². The third-order valence-corrected chi connectivity index (χ3v) is 7.28. The van der Waals surface area contributed by atoms with Gasteiger partial charge in [-0.25, -0.2) is 0 Å². The van der Waals surface area contributed by atoms with E-state index in [0.29, 0.717) is 11.2 Å². The lowest BCUT2D eigenvalue weighted by Gasteiger charge is -2.28. The van der Waals surface area contributed by atoms with Crippen molar-refractivity contribution in [3.8, 4) is 5.75 Å². The molecule has 3 heterocycles. The Bertz CT molecular complexity index is 1120.